The smallest absolute Gasteiger partial charge is 0.314 e. The fourth-order valence-corrected chi connectivity index (χ4v) is 2.73. The molecule has 124 valence electrons. The van der Waals surface area contributed by atoms with Gasteiger partial charge in [0.1, 0.15) is 5.82 Å². The van der Waals surface area contributed by atoms with Crippen LogP contribution >= 0.6 is 11.8 Å². The van der Waals surface area contributed by atoms with Crippen molar-refractivity contribution in [2.24, 2.45) is 0 Å². The second-order valence-corrected chi connectivity index (χ2v) is 7.23. The zero-order valence-electron chi connectivity index (χ0n) is 13.6. The van der Waals surface area contributed by atoms with Crippen LogP contribution in [0.1, 0.15) is 26.3 Å². The fraction of sp³-hybridized carbons (Fsp3) is 0.562. The largest absolute Gasteiger partial charge is 0.387 e. The average molecular weight is 328 g/mol. The summed E-state index contributed by atoms with van der Waals surface area (Å²) in [5, 5.41) is 15.4. The molecule has 3 N–H and O–H groups in total. The predicted octanol–water partition coefficient (Wildman–Crippen LogP) is 2.52. The lowest BCUT2D eigenvalue weighted by Gasteiger charge is -2.27. The number of hydrogen-bond acceptors (Lipinski definition) is 3. The van der Waals surface area contributed by atoms with Crippen LogP contribution in [0, 0.1) is 5.82 Å². The first-order valence-corrected chi connectivity index (χ1v) is 8.55. The van der Waals surface area contributed by atoms with Crippen LogP contribution in [0.5, 0.6) is 0 Å². The number of hydrogen-bond donors (Lipinski definition) is 3. The van der Waals surface area contributed by atoms with Gasteiger partial charge in [0.05, 0.1) is 5.60 Å². The Hall–Kier alpha value is -1.27. The van der Waals surface area contributed by atoms with Crippen LogP contribution in [0.2, 0.25) is 0 Å². The van der Waals surface area contributed by atoms with E-state index in [2.05, 4.69) is 10.6 Å². The molecule has 0 aliphatic heterocycles. The third kappa shape index (κ3) is 6.23. The van der Waals surface area contributed by atoms with Gasteiger partial charge in [-0.05, 0) is 30.9 Å². The summed E-state index contributed by atoms with van der Waals surface area (Å²) in [5.41, 5.74) is -0.502. The molecule has 0 spiro atoms. The van der Waals surface area contributed by atoms with E-state index in [0.29, 0.717) is 12.3 Å². The van der Waals surface area contributed by atoms with Gasteiger partial charge in [0.25, 0.3) is 0 Å². The van der Waals surface area contributed by atoms with E-state index in [1.165, 1.54) is 23.9 Å². The summed E-state index contributed by atoms with van der Waals surface area (Å²) in [4.78, 5) is 11.8. The minimum Gasteiger partial charge on any atom is -0.387 e. The summed E-state index contributed by atoms with van der Waals surface area (Å²) < 4.78 is 13.3. The molecule has 0 saturated heterocycles. The second kappa shape index (κ2) is 7.83. The predicted molar refractivity (Wildman–Crippen MR) is 89.8 cm³/mol. The molecule has 0 aliphatic rings. The van der Waals surface area contributed by atoms with Crippen LogP contribution in [-0.4, -0.2) is 41.8 Å². The highest BCUT2D eigenvalue weighted by molar-refractivity contribution is 7.98. The molecule has 2 amide bonds. The van der Waals surface area contributed by atoms with Crippen LogP contribution in [-0.2, 0) is 5.41 Å². The normalized spacial score (nSPS) is 14.3. The first-order valence-electron chi connectivity index (χ1n) is 7.15. The third-order valence-electron chi connectivity index (χ3n) is 3.38. The first-order chi connectivity index (χ1) is 10.2. The number of benzene rings is 1. The molecule has 1 unspecified atom stereocenters. The summed E-state index contributed by atoms with van der Waals surface area (Å²) in [6, 6.07) is 6.03. The monoisotopic (exact) mass is 328 g/mol. The van der Waals surface area contributed by atoms with Gasteiger partial charge in [-0.1, -0.05) is 26.0 Å². The van der Waals surface area contributed by atoms with Gasteiger partial charge in [-0.15, -0.1) is 0 Å². The van der Waals surface area contributed by atoms with Crippen molar-refractivity contribution >= 4 is 17.8 Å². The van der Waals surface area contributed by atoms with Crippen molar-refractivity contribution in [2.45, 2.75) is 31.8 Å². The van der Waals surface area contributed by atoms with Gasteiger partial charge in [0.2, 0.25) is 0 Å². The van der Waals surface area contributed by atoms with Crippen molar-refractivity contribution in [3.8, 4) is 0 Å². The quantitative estimate of drug-likeness (QED) is 0.721. The van der Waals surface area contributed by atoms with Gasteiger partial charge >= 0.3 is 6.03 Å². The Morgan fingerprint density at radius 3 is 2.50 bits per heavy atom. The van der Waals surface area contributed by atoms with Gasteiger partial charge in [-0.3, -0.25) is 0 Å². The Kier molecular flexibility index (Phi) is 6.68. The average Bonchev–Trinajstić information content (AvgIpc) is 2.43. The van der Waals surface area contributed by atoms with Gasteiger partial charge in [0, 0.05) is 24.3 Å². The van der Waals surface area contributed by atoms with Gasteiger partial charge in [0.15, 0.2) is 0 Å². The van der Waals surface area contributed by atoms with Crippen molar-refractivity contribution in [1.29, 1.82) is 0 Å². The van der Waals surface area contributed by atoms with Crippen molar-refractivity contribution in [3.05, 3.63) is 35.6 Å². The molecule has 0 aromatic heterocycles. The van der Waals surface area contributed by atoms with E-state index in [4.69, 9.17) is 0 Å². The number of urea groups is 1. The highest BCUT2D eigenvalue weighted by Gasteiger charge is 2.23. The number of thioether (sulfide) groups is 1. The molecule has 4 nitrogen and oxygen atoms in total. The van der Waals surface area contributed by atoms with Crippen LogP contribution in [0.4, 0.5) is 9.18 Å². The Morgan fingerprint density at radius 2 is 1.91 bits per heavy atom. The lowest BCUT2D eigenvalue weighted by molar-refractivity contribution is 0.0869. The van der Waals surface area contributed by atoms with E-state index >= 15 is 0 Å². The molecule has 1 atom stereocenters. The first kappa shape index (κ1) is 18.8. The van der Waals surface area contributed by atoms with E-state index < -0.39 is 5.60 Å². The van der Waals surface area contributed by atoms with Gasteiger partial charge < -0.3 is 15.7 Å². The maximum atomic E-state index is 13.3. The Bertz CT molecular complexity index is 507. The molecular weight excluding hydrogens is 303 g/mol. The van der Waals surface area contributed by atoms with Gasteiger partial charge in [-0.2, -0.15) is 11.8 Å². The molecule has 0 saturated carbocycles. The van der Waals surface area contributed by atoms with Crippen LogP contribution in [0.15, 0.2) is 24.3 Å². The molecule has 6 heteroatoms. The lowest BCUT2D eigenvalue weighted by atomic mass is 9.84. The molecule has 0 bridgehead atoms. The molecular formula is C16H25FN2O2S. The SMILES string of the molecule is CSCC(C)(O)CNC(=O)NCC(C)(C)c1cccc(F)c1. The highest BCUT2D eigenvalue weighted by Crippen LogP contribution is 2.22. The van der Waals surface area contributed by atoms with E-state index in [-0.39, 0.29) is 23.8 Å². The Balaban J connectivity index is 2.49. The summed E-state index contributed by atoms with van der Waals surface area (Å²) in [6.07, 6.45) is 1.90. The zero-order valence-corrected chi connectivity index (χ0v) is 14.4. The number of carbonyl (C=O) groups is 1. The van der Waals surface area contributed by atoms with Crippen molar-refractivity contribution in [1.82, 2.24) is 10.6 Å². The highest BCUT2D eigenvalue weighted by atomic mass is 32.2. The topological polar surface area (TPSA) is 61.4 Å². The summed E-state index contributed by atoms with van der Waals surface area (Å²) in [7, 11) is 0. The maximum Gasteiger partial charge on any atom is 0.314 e. The maximum absolute atomic E-state index is 13.3. The second-order valence-electron chi connectivity index (χ2n) is 6.36. The number of amides is 2. The third-order valence-corrected chi connectivity index (χ3v) is 4.29. The standard InChI is InChI=1S/C16H25FN2O2S/c1-15(2,12-6-5-7-13(17)8-12)9-18-14(20)19-10-16(3,21)11-22-4/h5-8,21H,9-11H2,1-4H3,(H2,18,19,20). The molecule has 22 heavy (non-hydrogen) atoms. The van der Waals surface area contributed by atoms with E-state index in [9.17, 15) is 14.3 Å². The summed E-state index contributed by atoms with van der Waals surface area (Å²) >= 11 is 1.52. The Labute approximate surface area is 135 Å². The van der Waals surface area contributed by atoms with Gasteiger partial charge in [-0.25, -0.2) is 9.18 Å². The molecule has 0 aliphatic carbocycles. The molecule has 1 aromatic carbocycles. The van der Waals surface area contributed by atoms with Crippen LogP contribution < -0.4 is 10.6 Å². The van der Waals surface area contributed by atoms with Crippen molar-refractivity contribution in [3.63, 3.8) is 0 Å². The van der Waals surface area contributed by atoms with E-state index in [0.717, 1.165) is 5.56 Å². The summed E-state index contributed by atoms with van der Waals surface area (Å²) in [6.45, 7) is 6.10. The molecule has 0 fully saturated rings. The van der Waals surface area contributed by atoms with Crippen LogP contribution in [0.25, 0.3) is 0 Å². The molecule has 0 heterocycles. The zero-order chi connectivity index (χ0) is 16.8. The number of carbonyl (C=O) groups excluding carboxylic acids is 1. The minimum absolute atomic E-state index is 0.181. The van der Waals surface area contributed by atoms with E-state index in [1.807, 2.05) is 26.2 Å². The molecule has 1 rings (SSSR count). The number of rotatable bonds is 7. The minimum atomic E-state index is -0.936. The van der Waals surface area contributed by atoms with E-state index in [1.54, 1.807) is 13.0 Å². The summed E-state index contributed by atoms with van der Waals surface area (Å²) in [5.74, 6) is 0.255. The van der Waals surface area contributed by atoms with Crippen molar-refractivity contribution < 1.29 is 14.3 Å². The van der Waals surface area contributed by atoms with Crippen molar-refractivity contribution in [2.75, 3.05) is 25.1 Å². The van der Waals surface area contributed by atoms with Crippen LogP contribution in [0.3, 0.4) is 0 Å². The number of aliphatic hydroxyl groups is 1. The fourth-order valence-electron chi connectivity index (χ4n) is 2.01. The number of nitrogens with one attached hydrogen (secondary N) is 2. The Morgan fingerprint density at radius 1 is 1.27 bits per heavy atom. The molecule has 1 aromatic rings. The number of halogens is 1. The lowest BCUT2D eigenvalue weighted by Crippen LogP contribution is -2.48. The molecule has 0 radical (unpaired) electrons.